The fraction of sp³-hybridized carbons (Fsp3) is 0.281. The fourth-order valence-electron chi connectivity index (χ4n) is 5.08. The van der Waals surface area contributed by atoms with Gasteiger partial charge in [0.15, 0.2) is 0 Å². The Kier molecular flexibility index (Phi) is 7.71. The summed E-state index contributed by atoms with van der Waals surface area (Å²) in [5, 5.41) is 6.29. The van der Waals surface area contributed by atoms with Gasteiger partial charge in [0.1, 0.15) is 11.9 Å². The summed E-state index contributed by atoms with van der Waals surface area (Å²) in [4.78, 5) is 13.8. The molecule has 1 aliphatic rings. The monoisotopic (exact) mass is 494 g/mol. The number of anilines is 2. The summed E-state index contributed by atoms with van der Waals surface area (Å²) in [5.74, 6) is 0.730. The number of aryl methyl sites for hydroxylation is 1. The molecule has 0 saturated carbocycles. The number of fused-ring (bicyclic) bond motifs is 2. The van der Waals surface area contributed by atoms with Crippen LogP contribution in [0.1, 0.15) is 36.9 Å². The van der Waals surface area contributed by atoms with Crippen molar-refractivity contribution in [1.82, 2.24) is 5.32 Å². The number of carbonyl (C=O) groups excluding carboxylic acids is 1. The smallest absolute Gasteiger partial charge is 0.305 e. The predicted octanol–water partition coefficient (Wildman–Crippen LogP) is 6.59. The standard InChI is InChI=1S/C32H34N2O3/c1-23(28-11-7-9-25-8-3-4-10-29(25)28)33-21-20-27-22-34(30-12-5-6-13-31(30)37-27)26-17-14-24(15-18-26)16-19-32(35)36-2/h3-15,17-18,23,27,33H,16,19-22H2,1-2H3. The molecule has 1 aliphatic heterocycles. The van der Waals surface area contributed by atoms with Gasteiger partial charge in [-0.05, 0) is 72.5 Å². The highest BCUT2D eigenvalue weighted by Crippen LogP contribution is 2.38. The van der Waals surface area contributed by atoms with Crippen LogP contribution in [0.5, 0.6) is 5.75 Å². The van der Waals surface area contributed by atoms with E-state index in [9.17, 15) is 4.79 Å². The summed E-state index contributed by atoms with van der Waals surface area (Å²) >= 11 is 0. The van der Waals surface area contributed by atoms with Gasteiger partial charge in [-0.2, -0.15) is 0 Å². The van der Waals surface area contributed by atoms with Crippen molar-refractivity contribution < 1.29 is 14.3 Å². The number of esters is 1. The molecule has 0 saturated heterocycles. The normalized spacial score (nSPS) is 15.6. The number of methoxy groups -OCH3 is 1. The summed E-state index contributed by atoms with van der Waals surface area (Å²) in [6, 6.07) is 32.0. The van der Waals surface area contributed by atoms with Gasteiger partial charge < -0.3 is 19.7 Å². The van der Waals surface area contributed by atoms with Crippen LogP contribution in [0.4, 0.5) is 11.4 Å². The Labute approximate surface area is 219 Å². The first-order chi connectivity index (χ1) is 18.1. The molecule has 5 heteroatoms. The van der Waals surface area contributed by atoms with E-state index in [-0.39, 0.29) is 18.1 Å². The second-order valence-corrected chi connectivity index (χ2v) is 9.59. The summed E-state index contributed by atoms with van der Waals surface area (Å²) in [5.41, 5.74) is 4.65. The van der Waals surface area contributed by atoms with Crippen molar-refractivity contribution in [2.24, 2.45) is 0 Å². The van der Waals surface area contributed by atoms with Gasteiger partial charge in [0, 0.05) is 18.2 Å². The number of nitrogens with one attached hydrogen (secondary N) is 1. The quantitative estimate of drug-likeness (QED) is 0.266. The number of carbonyl (C=O) groups is 1. The van der Waals surface area contributed by atoms with E-state index in [1.54, 1.807) is 0 Å². The topological polar surface area (TPSA) is 50.8 Å². The van der Waals surface area contributed by atoms with Crippen LogP contribution in [0.3, 0.4) is 0 Å². The third-order valence-corrected chi connectivity index (χ3v) is 7.14. The van der Waals surface area contributed by atoms with Crippen molar-refractivity contribution in [3.05, 3.63) is 102 Å². The summed E-state index contributed by atoms with van der Waals surface area (Å²) in [6.45, 7) is 3.87. The van der Waals surface area contributed by atoms with Gasteiger partial charge >= 0.3 is 5.97 Å². The second kappa shape index (κ2) is 11.5. The molecule has 5 rings (SSSR count). The zero-order valence-corrected chi connectivity index (χ0v) is 21.5. The van der Waals surface area contributed by atoms with Crippen LogP contribution in [-0.4, -0.2) is 32.3 Å². The molecule has 190 valence electrons. The Balaban J connectivity index is 1.24. The Morgan fingerprint density at radius 3 is 2.59 bits per heavy atom. The predicted molar refractivity (Wildman–Crippen MR) is 150 cm³/mol. The van der Waals surface area contributed by atoms with Gasteiger partial charge in [0.2, 0.25) is 0 Å². The second-order valence-electron chi connectivity index (χ2n) is 9.59. The lowest BCUT2D eigenvalue weighted by Crippen LogP contribution is -2.39. The number of ether oxygens (including phenoxy) is 2. The molecule has 37 heavy (non-hydrogen) atoms. The van der Waals surface area contributed by atoms with Crippen LogP contribution in [0, 0.1) is 0 Å². The minimum Gasteiger partial charge on any atom is -0.486 e. The van der Waals surface area contributed by atoms with Crippen LogP contribution in [0.2, 0.25) is 0 Å². The summed E-state index contributed by atoms with van der Waals surface area (Å²) < 4.78 is 11.2. The van der Waals surface area contributed by atoms with Gasteiger partial charge in [0.05, 0.1) is 19.3 Å². The van der Waals surface area contributed by atoms with Crippen LogP contribution in [0.15, 0.2) is 91.0 Å². The van der Waals surface area contributed by atoms with Crippen molar-refractivity contribution in [3.8, 4) is 5.75 Å². The van der Waals surface area contributed by atoms with E-state index in [1.165, 1.54) is 23.4 Å². The minimum absolute atomic E-state index is 0.0705. The molecule has 4 aromatic carbocycles. The average molecular weight is 495 g/mol. The lowest BCUT2D eigenvalue weighted by molar-refractivity contribution is -0.140. The fourth-order valence-corrected chi connectivity index (χ4v) is 5.08. The molecular formula is C32H34N2O3. The van der Waals surface area contributed by atoms with Crippen molar-refractivity contribution in [3.63, 3.8) is 0 Å². The maximum Gasteiger partial charge on any atom is 0.305 e. The van der Waals surface area contributed by atoms with Gasteiger partial charge in [-0.3, -0.25) is 4.79 Å². The van der Waals surface area contributed by atoms with Crippen molar-refractivity contribution >= 4 is 28.1 Å². The molecule has 0 radical (unpaired) electrons. The van der Waals surface area contributed by atoms with Crippen LogP contribution >= 0.6 is 0 Å². The number of hydrogen-bond acceptors (Lipinski definition) is 5. The molecule has 0 fully saturated rings. The molecule has 1 heterocycles. The molecule has 0 amide bonds. The largest absolute Gasteiger partial charge is 0.486 e. The number of nitrogens with zero attached hydrogens (tertiary/aromatic N) is 1. The number of hydrogen-bond donors (Lipinski definition) is 1. The first-order valence-electron chi connectivity index (χ1n) is 13.0. The SMILES string of the molecule is COC(=O)CCc1ccc(N2CC(CCNC(C)c3cccc4ccccc34)Oc3ccccc32)cc1. The van der Waals surface area contributed by atoms with E-state index in [4.69, 9.17) is 9.47 Å². The first kappa shape index (κ1) is 24.8. The van der Waals surface area contributed by atoms with Crippen molar-refractivity contribution in [1.29, 1.82) is 0 Å². The molecule has 2 atom stereocenters. The molecular weight excluding hydrogens is 460 g/mol. The molecule has 4 aromatic rings. The van der Waals surface area contributed by atoms with Gasteiger partial charge in [0.25, 0.3) is 0 Å². The molecule has 0 bridgehead atoms. The van der Waals surface area contributed by atoms with E-state index in [2.05, 4.69) is 89.9 Å². The van der Waals surface area contributed by atoms with Gasteiger partial charge in [-0.15, -0.1) is 0 Å². The number of benzene rings is 4. The summed E-state index contributed by atoms with van der Waals surface area (Å²) in [7, 11) is 1.43. The lowest BCUT2D eigenvalue weighted by Gasteiger charge is -2.36. The minimum atomic E-state index is -0.183. The highest BCUT2D eigenvalue weighted by atomic mass is 16.5. The van der Waals surface area contributed by atoms with E-state index >= 15 is 0 Å². The van der Waals surface area contributed by atoms with Crippen LogP contribution in [0.25, 0.3) is 10.8 Å². The Morgan fingerprint density at radius 1 is 1.00 bits per heavy atom. The molecule has 1 N–H and O–H groups in total. The maximum absolute atomic E-state index is 11.5. The average Bonchev–Trinajstić information content (AvgIpc) is 2.95. The van der Waals surface area contributed by atoms with E-state index in [0.717, 1.165) is 42.2 Å². The zero-order chi connectivity index (χ0) is 25.6. The highest BCUT2D eigenvalue weighted by Gasteiger charge is 2.26. The van der Waals surface area contributed by atoms with E-state index < -0.39 is 0 Å². The van der Waals surface area contributed by atoms with Crippen molar-refractivity contribution in [2.45, 2.75) is 38.3 Å². The van der Waals surface area contributed by atoms with Gasteiger partial charge in [-0.25, -0.2) is 0 Å². The Morgan fingerprint density at radius 2 is 1.76 bits per heavy atom. The number of para-hydroxylation sites is 2. The Bertz CT molecular complexity index is 1350. The third kappa shape index (κ3) is 5.78. The molecule has 0 spiro atoms. The summed E-state index contributed by atoms with van der Waals surface area (Å²) in [6.07, 6.45) is 2.04. The van der Waals surface area contributed by atoms with Crippen LogP contribution < -0.4 is 15.0 Å². The van der Waals surface area contributed by atoms with Gasteiger partial charge in [-0.1, -0.05) is 66.7 Å². The van der Waals surface area contributed by atoms with Crippen molar-refractivity contribution in [2.75, 3.05) is 25.1 Å². The molecule has 0 aliphatic carbocycles. The highest BCUT2D eigenvalue weighted by molar-refractivity contribution is 5.86. The van der Waals surface area contributed by atoms with E-state index in [0.29, 0.717) is 12.8 Å². The molecule has 0 aromatic heterocycles. The van der Waals surface area contributed by atoms with E-state index in [1.807, 2.05) is 18.2 Å². The third-order valence-electron chi connectivity index (χ3n) is 7.14. The maximum atomic E-state index is 11.5. The number of rotatable bonds is 9. The van der Waals surface area contributed by atoms with Crippen LogP contribution in [-0.2, 0) is 16.0 Å². The lowest BCUT2D eigenvalue weighted by atomic mass is 9.99. The molecule has 5 nitrogen and oxygen atoms in total. The molecule has 2 unspecified atom stereocenters. The Hall–Kier alpha value is -3.83. The zero-order valence-electron chi connectivity index (χ0n) is 21.5. The first-order valence-corrected chi connectivity index (χ1v) is 13.0.